The zero-order valence-corrected chi connectivity index (χ0v) is 10.5. The topological polar surface area (TPSA) is 15.8 Å². The summed E-state index contributed by atoms with van der Waals surface area (Å²) >= 11 is 0. The average molecular weight is 205 g/mol. The second-order valence-electron chi connectivity index (χ2n) is 3.80. The fourth-order valence-electron chi connectivity index (χ4n) is 0.995. The van der Waals surface area contributed by atoms with E-state index in [0.717, 1.165) is 5.92 Å². The maximum absolute atomic E-state index is 3.12. The van der Waals surface area contributed by atoms with Crippen molar-refractivity contribution in [2.24, 2.45) is 5.92 Å². The molecule has 1 heteroatoms. The number of rotatable bonds is 0. The average Bonchev–Trinajstić information content (AvgIpc) is 2.67. The maximum Gasteiger partial charge on any atom is 0.0453 e. The van der Waals surface area contributed by atoms with Gasteiger partial charge in [-0.2, -0.15) is 0 Å². The molecule has 0 radical (unpaired) electrons. The molecule has 0 unspecified atom stereocenters. The van der Waals surface area contributed by atoms with E-state index in [1.165, 1.54) is 10.9 Å². The monoisotopic (exact) mass is 205 g/mol. The van der Waals surface area contributed by atoms with Crippen LogP contribution < -0.4 is 0 Å². The number of fused-ring (bicyclic) bond motifs is 1. The van der Waals surface area contributed by atoms with Gasteiger partial charge >= 0.3 is 0 Å². The molecule has 0 aliphatic heterocycles. The third-order valence-electron chi connectivity index (χ3n) is 1.46. The highest BCUT2D eigenvalue weighted by Gasteiger charge is 1.86. The summed E-state index contributed by atoms with van der Waals surface area (Å²) in [4.78, 5) is 3.12. The van der Waals surface area contributed by atoms with Crippen molar-refractivity contribution in [2.75, 3.05) is 0 Å². The number of H-pyrrole nitrogens is 1. The van der Waals surface area contributed by atoms with Crippen LogP contribution in [0.15, 0.2) is 36.5 Å². The smallest absolute Gasteiger partial charge is 0.0453 e. The number of para-hydroxylation sites is 1. The van der Waals surface area contributed by atoms with Crippen LogP contribution in [0, 0.1) is 5.92 Å². The first-order valence-corrected chi connectivity index (χ1v) is 5.72. The Hall–Kier alpha value is -1.24. The Morgan fingerprint density at radius 3 is 2.00 bits per heavy atom. The Labute approximate surface area is 93.5 Å². The largest absolute Gasteiger partial charge is 0.361 e. The van der Waals surface area contributed by atoms with E-state index in [-0.39, 0.29) is 0 Å². The molecule has 0 aliphatic carbocycles. The van der Waals surface area contributed by atoms with Gasteiger partial charge in [-0.25, -0.2) is 0 Å². The van der Waals surface area contributed by atoms with Crippen LogP contribution in [0.2, 0.25) is 0 Å². The van der Waals surface area contributed by atoms with Gasteiger partial charge in [-0.05, 0) is 23.4 Å². The Kier molecular flexibility index (Phi) is 7.43. The molecular formula is C14H23N. The van der Waals surface area contributed by atoms with Crippen molar-refractivity contribution in [3.8, 4) is 0 Å². The molecule has 0 aliphatic rings. The summed E-state index contributed by atoms with van der Waals surface area (Å²) in [6.07, 6.45) is 1.95. The molecule has 15 heavy (non-hydrogen) atoms. The number of hydrogen-bond acceptors (Lipinski definition) is 0. The van der Waals surface area contributed by atoms with Gasteiger partial charge in [-0.15, -0.1) is 0 Å². The molecule has 1 N–H and O–H groups in total. The van der Waals surface area contributed by atoms with Gasteiger partial charge in [-0.3, -0.25) is 0 Å². The van der Waals surface area contributed by atoms with Crippen LogP contribution in [0.4, 0.5) is 0 Å². The van der Waals surface area contributed by atoms with Gasteiger partial charge in [0, 0.05) is 11.7 Å². The molecule has 0 spiro atoms. The van der Waals surface area contributed by atoms with E-state index in [2.05, 4.69) is 44.0 Å². The predicted molar refractivity (Wildman–Crippen MR) is 70.2 cm³/mol. The number of nitrogens with one attached hydrogen (secondary N) is 1. The Bertz CT molecular complexity index is 314. The highest BCUT2D eigenvalue weighted by Crippen LogP contribution is 2.09. The zero-order valence-electron chi connectivity index (χ0n) is 10.5. The Balaban J connectivity index is 0.000000282. The third-order valence-corrected chi connectivity index (χ3v) is 1.46. The normalized spacial score (nSPS) is 8.93. The minimum Gasteiger partial charge on any atom is -0.361 e. The molecule has 1 aromatic carbocycles. The fourth-order valence-corrected chi connectivity index (χ4v) is 0.995. The Morgan fingerprint density at radius 1 is 0.933 bits per heavy atom. The number of benzene rings is 1. The van der Waals surface area contributed by atoms with Crippen molar-refractivity contribution in [1.29, 1.82) is 0 Å². The summed E-state index contributed by atoms with van der Waals surface area (Å²) in [5.41, 5.74) is 1.21. The van der Waals surface area contributed by atoms with Crippen LogP contribution in [-0.4, -0.2) is 4.98 Å². The standard InChI is InChI=1S/C8H7N.C4H10.C2H6/c1-2-4-8-7(3-1)5-6-9-8;1-4(2)3;1-2/h1-6,9H;4H,1-3H3;1-2H3. The van der Waals surface area contributed by atoms with Crippen LogP contribution in [0.25, 0.3) is 10.9 Å². The van der Waals surface area contributed by atoms with Crippen molar-refractivity contribution in [3.05, 3.63) is 36.5 Å². The molecule has 0 saturated carbocycles. The fraction of sp³-hybridized carbons (Fsp3) is 0.429. The number of aromatic amines is 1. The lowest BCUT2D eigenvalue weighted by atomic mass is 10.3. The highest BCUT2D eigenvalue weighted by atomic mass is 14.6. The lowest BCUT2D eigenvalue weighted by molar-refractivity contribution is 0.737. The lowest BCUT2D eigenvalue weighted by Gasteiger charge is -1.83. The van der Waals surface area contributed by atoms with Crippen LogP contribution in [-0.2, 0) is 0 Å². The molecule has 84 valence electrons. The van der Waals surface area contributed by atoms with Gasteiger partial charge in [0.2, 0.25) is 0 Å². The molecule has 0 atom stereocenters. The van der Waals surface area contributed by atoms with Gasteiger partial charge in [0.25, 0.3) is 0 Å². The summed E-state index contributed by atoms with van der Waals surface area (Å²) in [7, 11) is 0. The summed E-state index contributed by atoms with van der Waals surface area (Å²) < 4.78 is 0. The van der Waals surface area contributed by atoms with Gasteiger partial charge < -0.3 is 4.98 Å². The second kappa shape index (κ2) is 8.10. The third kappa shape index (κ3) is 5.95. The molecule has 2 rings (SSSR count). The van der Waals surface area contributed by atoms with Gasteiger partial charge in [0.15, 0.2) is 0 Å². The van der Waals surface area contributed by atoms with Crippen molar-refractivity contribution < 1.29 is 0 Å². The van der Waals surface area contributed by atoms with Crippen LogP contribution in [0.1, 0.15) is 34.6 Å². The highest BCUT2D eigenvalue weighted by molar-refractivity contribution is 5.78. The minimum atomic E-state index is 0.833. The van der Waals surface area contributed by atoms with Crippen molar-refractivity contribution >= 4 is 10.9 Å². The first-order chi connectivity index (χ1) is 7.20. The van der Waals surface area contributed by atoms with E-state index >= 15 is 0 Å². The molecule has 0 amide bonds. The molecule has 2 aromatic rings. The van der Waals surface area contributed by atoms with Gasteiger partial charge in [0.1, 0.15) is 0 Å². The summed E-state index contributed by atoms with van der Waals surface area (Å²) in [5.74, 6) is 0.833. The number of hydrogen-bond donors (Lipinski definition) is 1. The lowest BCUT2D eigenvalue weighted by Crippen LogP contribution is -1.66. The van der Waals surface area contributed by atoms with E-state index in [9.17, 15) is 0 Å². The quantitative estimate of drug-likeness (QED) is 0.632. The van der Waals surface area contributed by atoms with E-state index in [4.69, 9.17) is 0 Å². The van der Waals surface area contributed by atoms with Gasteiger partial charge in [-0.1, -0.05) is 52.8 Å². The summed E-state index contributed by atoms with van der Waals surface area (Å²) in [6.45, 7) is 10.5. The van der Waals surface area contributed by atoms with E-state index in [1.54, 1.807) is 0 Å². The van der Waals surface area contributed by atoms with Crippen molar-refractivity contribution in [1.82, 2.24) is 4.98 Å². The van der Waals surface area contributed by atoms with Crippen molar-refractivity contribution in [3.63, 3.8) is 0 Å². The molecule has 1 heterocycles. The van der Waals surface area contributed by atoms with E-state index < -0.39 is 0 Å². The van der Waals surface area contributed by atoms with E-state index in [1.807, 2.05) is 32.2 Å². The van der Waals surface area contributed by atoms with Crippen molar-refractivity contribution in [2.45, 2.75) is 34.6 Å². The molecule has 0 saturated heterocycles. The summed E-state index contributed by atoms with van der Waals surface area (Å²) in [5, 5.41) is 1.28. The predicted octanol–water partition coefficient (Wildman–Crippen LogP) is 4.86. The molecule has 1 aromatic heterocycles. The van der Waals surface area contributed by atoms with E-state index in [0.29, 0.717) is 0 Å². The van der Waals surface area contributed by atoms with Crippen LogP contribution in [0.5, 0.6) is 0 Å². The van der Waals surface area contributed by atoms with Crippen LogP contribution in [0.3, 0.4) is 0 Å². The zero-order chi connectivity index (χ0) is 11.7. The second-order valence-corrected chi connectivity index (χ2v) is 3.80. The molecule has 1 nitrogen and oxygen atoms in total. The van der Waals surface area contributed by atoms with Crippen LogP contribution >= 0.6 is 0 Å². The van der Waals surface area contributed by atoms with Gasteiger partial charge in [0.05, 0.1) is 0 Å². The summed E-state index contributed by atoms with van der Waals surface area (Å²) in [6, 6.07) is 10.3. The SMILES string of the molecule is CC.CC(C)C.c1ccc2[nH]ccc2c1. The molecule has 0 bridgehead atoms. The maximum atomic E-state index is 3.12. The molecule has 0 fully saturated rings. The Morgan fingerprint density at radius 2 is 1.47 bits per heavy atom. The minimum absolute atomic E-state index is 0.833. The number of aromatic nitrogens is 1. The molecular weight excluding hydrogens is 182 g/mol. The first kappa shape index (κ1) is 13.8. The first-order valence-electron chi connectivity index (χ1n) is 5.72.